The summed E-state index contributed by atoms with van der Waals surface area (Å²) in [5, 5.41) is 10.9. The van der Waals surface area contributed by atoms with Crippen molar-refractivity contribution in [2.45, 2.75) is 31.4 Å². The fraction of sp³-hybridized carbons (Fsp3) is 0.600. The van der Waals surface area contributed by atoms with Crippen LogP contribution in [0.3, 0.4) is 0 Å². The van der Waals surface area contributed by atoms with E-state index in [1.165, 1.54) is 12.8 Å². The molecule has 3 nitrogen and oxygen atoms in total. The Morgan fingerprint density at radius 1 is 1.37 bits per heavy atom. The molecule has 1 unspecified atom stereocenters. The van der Waals surface area contributed by atoms with Gasteiger partial charge in [-0.1, -0.05) is 29.8 Å². The van der Waals surface area contributed by atoms with Crippen molar-refractivity contribution in [3.8, 4) is 0 Å². The van der Waals surface area contributed by atoms with Gasteiger partial charge in [0.05, 0.1) is 12.7 Å². The molecule has 19 heavy (non-hydrogen) atoms. The molecule has 1 fully saturated rings. The Morgan fingerprint density at radius 3 is 2.74 bits per heavy atom. The number of ether oxygens (including phenoxy) is 1. The highest BCUT2D eigenvalue weighted by Gasteiger charge is 2.28. The SMILES string of the molecule is COCCN(CCC(O)c1ccccc1Cl)C1CC1. The Balaban J connectivity index is 1.84. The number of hydrogen-bond acceptors (Lipinski definition) is 3. The molecule has 1 aliphatic rings. The predicted octanol–water partition coefficient (Wildman–Crippen LogP) is 2.87. The molecule has 0 heterocycles. The van der Waals surface area contributed by atoms with Crippen LogP contribution in [0.1, 0.15) is 30.9 Å². The van der Waals surface area contributed by atoms with E-state index in [1.807, 2.05) is 24.3 Å². The van der Waals surface area contributed by atoms with Crippen molar-refractivity contribution in [1.82, 2.24) is 4.90 Å². The predicted molar refractivity (Wildman–Crippen MR) is 77.5 cm³/mol. The first-order valence-corrected chi connectivity index (χ1v) is 7.25. The third-order valence-corrected chi connectivity index (χ3v) is 3.94. The molecule has 0 aliphatic heterocycles. The number of methoxy groups -OCH3 is 1. The fourth-order valence-corrected chi connectivity index (χ4v) is 2.58. The molecule has 0 saturated heterocycles. The summed E-state index contributed by atoms with van der Waals surface area (Å²) in [6, 6.07) is 8.20. The van der Waals surface area contributed by atoms with Gasteiger partial charge in [0.15, 0.2) is 0 Å². The second kappa shape index (κ2) is 7.25. The van der Waals surface area contributed by atoms with Crippen LogP contribution in [0.5, 0.6) is 0 Å². The number of rotatable bonds is 8. The molecule has 0 bridgehead atoms. The van der Waals surface area contributed by atoms with Crippen LogP contribution in [0.4, 0.5) is 0 Å². The van der Waals surface area contributed by atoms with Crippen molar-refractivity contribution in [3.63, 3.8) is 0 Å². The topological polar surface area (TPSA) is 32.7 Å². The summed E-state index contributed by atoms with van der Waals surface area (Å²) in [7, 11) is 1.73. The zero-order chi connectivity index (χ0) is 13.7. The van der Waals surface area contributed by atoms with E-state index in [1.54, 1.807) is 7.11 Å². The maximum Gasteiger partial charge on any atom is 0.0816 e. The highest BCUT2D eigenvalue weighted by atomic mass is 35.5. The molecular formula is C15H22ClNO2. The molecule has 2 rings (SSSR count). The first-order valence-electron chi connectivity index (χ1n) is 6.88. The van der Waals surface area contributed by atoms with E-state index in [-0.39, 0.29) is 0 Å². The van der Waals surface area contributed by atoms with Gasteiger partial charge < -0.3 is 9.84 Å². The molecule has 1 saturated carbocycles. The van der Waals surface area contributed by atoms with Crippen molar-refractivity contribution in [3.05, 3.63) is 34.9 Å². The van der Waals surface area contributed by atoms with Gasteiger partial charge in [0.2, 0.25) is 0 Å². The van der Waals surface area contributed by atoms with Gasteiger partial charge in [-0.25, -0.2) is 0 Å². The second-order valence-electron chi connectivity index (χ2n) is 5.09. The average molecular weight is 284 g/mol. The van der Waals surface area contributed by atoms with Crippen molar-refractivity contribution >= 4 is 11.6 Å². The van der Waals surface area contributed by atoms with E-state index in [9.17, 15) is 5.11 Å². The second-order valence-corrected chi connectivity index (χ2v) is 5.49. The Morgan fingerprint density at radius 2 is 2.11 bits per heavy atom. The lowest BCUT2D eigenvalue weighted by molar-refractivity contribution is 0.114. The first-order chi connectivity index (χ1) is 9.22. The number of aliphatic hydroxyl groups excluding tert-OH is 1. The fourth-order valence-electron chi connectivity index (χ4n) is 2.31. The van der Waals surface area contributed by atoms with Crippen LogP contribution in [0, 0.1) is 0 Å². The lowest BCUT2D eigenvalue weighted by Crippen LogP contribution is -2.31. The van der Waals surface area contributed by atoms with Crippen LogP contribution in [0.2, 0.25) is 5.02 Å². The Kier molecular flexibility index (Phi) is 5.64. The van der Waals surface area contributed by atoms with Gasteiger partial charge in [0.25, 0.3) is 0 Å². The lowest BCUT2D eigenvalue weighted by atomic mass is 10.1. The standard InChI is InChI=1S/C15H22ClNO2/c1-19-11-10-17(12-6-7-12)9-8-15(18)13-4-2-3-5-14(13)16/h2-5,12,15,18H,6-11H2,1H3. The maximum absolute atomic E-state index is 10.2. The third kappa shape index (κ3) is 4.46. The van der Waals surface area contributed by atoms with Gasteiger partial charge in [-0.05, 0) is 30.9 Å². The normalized spacial score (nSPS) is 16.8. The molecule has 1 aromatic carbocycles. The van der Waals surface area contributed by atoms with E-state index in [2.05, 4.69) is 4.90 Å². The van der Waals surface area contributed by atoms with Crippen LogP contribution in [0.15, 0.2) is 24.3 Å². The largest absolute Gasteiger partial charge is 0.388 e. The van der Waals surface area contributed by atoms with Crippen molar-refractivity contribution in [1.29, 1.82) is 0 Å². The van der Waals surface area contributed by atoms with Crippen molar-refractivity contribution in [2.24, 2.45) is 0 Å². The summed E-state index contributed by atoms with van der Waals surface area (Å²) in [6.45, 7) is 2.58. The summed E-state index contributed by atoms with van der Waals surface area (Å²) in [6.07, 6.45) is 2.76. The number of halogens is 1. The Hall–Kier alpha value is -0.610. The molecule has 4 heteroatoms. The zero-order valence-electron chi connectivity index (χ0n) is 11.4. The molecule has 1 aliphatic carbocycles. The lowest BCUT2D eigenvalue weighted by Gasteiger charge is -2.23. The number of hydrogen-bond donors (Lipinski definition) is 1. The van der Waals surface area contributed by atoms with Gasteiger partial charge >= 0.3 is 0 Å². The van der Waals surface area contributed by atoms with Crippen LogP contribution >= 0.6 is 11.6 Å². The number of aliphatic hydroxyl groups is 1. The average Bonchev–Trinajstić information content (AvgIpc) is 3.23. The minimum atomic E-state index is -0.488. The monoisotopic (exact) mass is 283 g/mol. The van der Waals surface area contributed by atoms with Crippen molar-refractivity contribution in [2.75, 3.05) is 26.8 Å². The summed E-state index contributed by atoms with van der Waals surface area (Å²) in [5.74, 6) is 0. The highest BCUT2D eigenvalue weighted by molar-refractivity contribution is 6.31. The summed E-state index contributed by atoms with van der Waals surface area (Å²) < 4.78 is 5.14. The molecule has 0 aromatic heterocycles. The van der Waals surface area contributed by atoms with Gasteiger partial charge in [-0.3, -0.25) is 4.90 Å². The van der Waals surface area contributed by atoms with Crippen LogP contribution in [0.25, 0.3) is 0 Å². The molecule has 106 valence electrons. The van der Waals surface area contributed by atoms with Crippen LogP contribution in [-0.2, 0) is 4.74 Å². The van der Waals surface area contributed by atoms with E-state index < -0.39 is 6.10 Å². The quantitative estimate of drug-likeness (QED) is 0.796. The smallest absolute Gasteiger partial charge is 0.0816 e. The van der Waals surface area contributed by atoms with E-state index in [0.29, 0.717) is 17.5 Å². The Labute approximate surface area is 120 Å². The summed E-state index contributed by atoms with van der Waals surface area (Å²) in [5.41, 5.74) is 0.826. The number of benzene rings is 1. The van der Waals surface area contributed by atoms with E-state index in [0.717, 1.165) is 25.3 Å². The first kappa shape index (κ1) is 14.8. The third-order valence-electron chi connectivity index (χ3n) is 3.60. The van der Waals surface area contributed by atoms with Gasteiger partial charge in [-0.15, -0.1) is 0 Å². The van der Waals surface area contributed by atoms with E-state index >= 15 is 0 Å². The minimum absolute atomic E-state index is 0.488. The molecule has 0 amide bonds. The molecule has 1 aromatic rings. The molecule has 1 atom stereocenters. The van der Waals surface area contributed by atoms with E-state index in [4.69, 9.17) is 16.3 Å². The number of nitrogens with zero attached hydrogens (tertiary/aromatic N) is 1. The van der Waals surface area contributed by atoms with Crippen LogP contribution < -0.4 is 0 Å². The molecule has 0 spiro atoms. The van der Waals surface area contributed by atoms with Gasteiger partial charge in [-0.2, -0.15) is 0 Å². The highest BCUT2D eigenvalue weighted by Crippen LogP contribution is 2.29. The molecule has 1 N–H and O–H groups in total. The molecular weight excluding hydrogens is 262 g/mol. The Bertz CT molecular complexity index is 395. The van der Waals surface area contributed by atoms with Gasteiger partial charge in [0, 0.05) is 31.3 Å². The minimum Gasteiger partial charge on any atom is -0.388 e. The molecule has 0 radical (unpaired) electrons. The zero-order valence-corrected chi connectivity index (χ0v) is 12.1. The summed E-state index contributed by atoms with van der Waals surface area (Å²) in [4.78, 5) is 2.41. The summed E-state index contributed by atoms with van der Waals surface area (Å²) >= 11 is 6.10. The maximum atomic E-state index is 10.2. The van der Waals surface area contributed by atoms with Gasteiger partial charge in [0.1, 0.15) is 0 Å². The van der Waals surface area contributed by atoms with Crippen LogP contribution in [-0.4, -0.2) is 42.9 Å². The van der Waals surface area contributed by atoms with Crippen molar-refractivity contribution < 1.29 is 9.84 Å².